The molecule has 0 saturated heterocycles. The molecule has 2 nitrogen and oxygen atoms in total. The summed E-state index contributed by atoms with van der Waals surface area (Å²) in [5.74, 6) is 5.44. The Labute approximate surface area is 298 Å². The van der Waals surface area contributed by atoms with Crippen LogP contribution in [0.15, 0.2) is 115 Å². The Hall–Kier alpha value is -4.30. The third kappa shape index (κ3) is 4.39. The van der Waals surface area contributed by atoms with Crippen LogP contribution in [0.5, 0.6) is 11.5 Å². The van der Waals surface area contributed by atoms with E-state index in [0.717, 1.165) is 35.2 Å². The quantitative estimate of drug-likeness (QED) is 0.191. The van der Waals surface area contributed by atoms with Crippen molar-refractivity contribution in [3.8, 4) is 22.6 Å². The summed E-state index contributed by atoms with van der Waals surface area (Å²) in [4.78, 5) is 2.48. The summed E-state index contributed by atoms with van der Waals surface area (Å²) in [5, 5.41) is 0. The highest BCUT2D eigenvalue weighted by atomic mass is 16.5. The Balaban J connectivity index is 1.06. The topological polar surface area (TPSA) is 12.5 Å². The molecule has 0 atom stereocenters. The molecule has 11 rings (SSSR count). The Kier molecular flexibility index (Phi) is 6.62. The zero-order valence-electron chi connectivity index (χ0n) is 30.1. The van der Waals surface area contributed by atoms with Crippen LogP contribution in [-0.2, 0) is 16.2 Å². The van der Waals surface area contributed by atoms with Crippen molar-refractivity contribution in [3.63, 3.8) is 0 Å². The average molecular weight is 656 g/mol. The van der Waals surface area contributed by atoms with E-state index in [-0.39, 0.29) is 16.2 Å². The standard InChI is InChI=1S/C48H49NO/c1-46(2)23-24-47(3,4)45-41(46)14-10-15-42(45)49(37-11-6-5-7-12-37)38-20-17-33(18-21-38)34-19-22-40-44(30-34)50-43-16-9-8-13-39(43)48(40)35-26-31-25-32(28-35)29-36(48)27-31/h5-22,30-32,35-36H,23-29H2,1-4H3. The van der Waals surface area contributed by atoms with Crippen LogP contribution in [0.3, 0.4) is 0 Å². The fourth-order valence-electron chi connectivity index (χ4n) is 11.8. The fraction of sp³-hybridized carbons (Fsp3) is 0.375. The van der Waals surface area contributed by atoms with Crippen molar-refractivity contribution >= 4 is 17.1 Å². The maximum absolute atomic E-state index is 6.83. The third-order valence-electron chi connectivity index (χ3n) is 13.9. The first kappa shape index (κ1) is 30.5. The van der Waals surface area contributed by atoms with Gasteiger partial charge < -0.3 is 9.64 Å². The highest BCUT2D eigenvalue weighted by Gasteiger charge is 2.61. The molecule has 1 aliphatic heterocycles. The van der Waals surface area contributed by atoms with Crippen LogP contribution in [-0.4, -0.2) is 0 Å². The molecule has 0 aromatic heterocycles. The zero-order valence-corrected chi connectivity index (χ0v) is 30.1. The molecule has 0 N–H and O–H groups in total. The first-order valence-electron chi connectivity index (χ1n) is 19.2. The van der Waals surface area contributed by atoms with Gasteiger partial charge in [0.15, 0.2) is 0 Å². The van der Waals surface area contributed by atoms with Gasteiger partial charge in [0.05, 0.1) is 5.69 Å². The van der Waals surface area contributed by atoms with Gasteiger partial charge in [0.2, 0.25) is 0 Å². The molecule has 4 saturated carbocycles. The molecule has 5 aromatic rings. The highest BCUT2D eigenvalue weighted by molar-refractivity contribution is 5.82. The molecule has 0 amide bonds. The lowest BCUT2D eigenvalue weighted by Gasteiger charge is -2.63. The van der Waals surface area contributed by atoms with Gasteiger partial charge in [0.25, 0.3) is 0 Å². The lowest BCUT2D eigenvalue weighted by atomic mass is 9.42. The van der Waals surface area contributed by atoms with Crippen LogP contribution in [0.1, 0.15) is 94.9 Å². The van der Waals surface area contributed by atoms with Crippen molar-refractivity contribution in [2.24, 2.45) is 23.7 Å². The van der Waals surface area contributed by atoms with Crippen molar-refractivity contribution in [2.75, 3.05) is 4.90 Å². The van der Waals surface area contributed by atoms with Gasteiger partial charge >= 0.3 is 0 Å². The predicted octanol–water partition coefficient (Wildman–Crippen LogP) is 13.0. The van der Waals surface area contributed by atoms with Gasteiger partial charge in [-0.15, -0.1) is 0 Å². The van der Waals surface area contributed by atoms with Crippen LogP contribution in [0.25, 0.3) is 11.1 Å². The number of benzene rings is 5. The molecule has 252 valence electrons. The lowest BCUT2D eigenvalue weighted by Crippen LogP contribution is -2.56. The molecule has 4 bridgehead atoms. The summed E-state index contributed by atoms with van der Waals surface area (Å²) in [7, 11) is 0. The van der Waals surface area contributed by atoms with Crippen molar-refractivity contribution in [1.82, 2.24) is 0 Å². The zero-order chi connectivity index (χ0) is 33.8. The summed E-state index contributed by atoms with van der Waals surface area (Å²) in [6.45, 7) is 9.69. The van der Waals surface area contributed by atoms with E-state index in [1.54, 1.807) is 0 Å². The maximum atomic E-state index is 6.83. The molecular weight excluding hydrogens is 607 g/mol. The van der Waals surface area contributed by atoms with E-state index in [1.165, 1.54) is 95.4 Å². The van der Waals surface area contributed by atoms with Crippen LogP contribution in [0.2, 0.25) is 0 Å². The molecule has 2 heteroatoms. The summed E-state index contributed by atoms with van der Waals surface area (Å²) < 4.78 is 6.83. The monoisotopic (exact) mass is 655 g/mol. The molecule has 0 radical (unpaired) electrons. The summed E-state index contributed by atoms with van der Waals surface area (Å²) >= 11 is 0. The summed E-state index contributed by atoms with van der Waals surface area (Å²) in [6, 6.07) is 43.3. The lowest BCUT2D eigenvalue weighted by molar-refractivity contribution is -0.0452. The van der Waals surface area contributed by atoms with E-state index < -0.39 is 0 Å². The smallest absolute Gasteiger partial charge is 0.132 e. The number of anilines is 3. The molecule has 0 unspecified atom stereocenters. The second kappa shape index (κ2) is 10.8. The molecule has 6 aliphatic rings. The van der Waals surface area contributed by atoms with E-state index in [0.29, 0.717) is 0 Å². The van der Waals surface area contributed by atoms with Gasteiger partial charge in [-0.05, 0) is 144 Å². The van der Waals surface area contributed by atoms with Gasteiger partial charge in [-0.2, -0.15) is 0 Å². The molecule has 5 aromatic carbocycles. The minimum atomic E-state index is 0.0881. The van der Waals surface area contributed by atoms with Gasteiger partial charge in [-0.1, -0.05) is 100 Å². The van der Waals surface area contributed by atoms with E-state index in [4.69, 9.17) is 4.74 Å². The number of para-hydroxylation sites is 2. The van der Waals surface area contributed by atoms with Crippen molar-refractivity contribution in [3.05, 3.63) is 138 Å². The number of fused-ring (bicyclic) bond motifs is 3. The SMILES string of the molecule is CC1(C)CCC(C)(C)c2c(N(c3ccccc3)c3ccc(-c4ccc5c(c4)Oc4ccccc4C54C5CC6CC(C5)CC4C6)cc3)cccc21. The molecule has 1 heterocycles. The van der Waals surface area contributed by atoms with Crippen molar-refractivity contribution < 1.29 is 4.74 Å². The van der Waals surface area contributed by atoms with Crippen molar-refractivity contribution in [2.45, 2.75) is 88.9 Å². The average Bonchev–Trinajstić information content (AvgIpc) is 3.12. The van der Waals surface area contributed by atoms with E-state index in [1.807, 2.05) is 0 Å². The summed E-state index contributed by atoms with van der Waals surface area (Å²) in [6.07, 6.45) is 9.36. The summed E-state index contributed by atoms with van der Waals surface area (Å²) in [5.41, 5.74) is 12.3. The highest BCUT2D eigenvalue weighted by Crippen LogP contribution is 2.69. The van der Waals surface area contributed by atoms with E-state index in [9.17, 15) is 0 Å². The molecule has 1 spiro atoms. The Morgan fingerprint density at radius 2 is 1.12 bits per heavy atom. The van der Waals surface area contributed by atoms with Gasteiger partial charge in [-0.25, -0.2) is 0 Å². The van der Waals surface area contributed by atoms with E-state index >= 15 is 0 Å². The molecular formula is C48H49NO. The third-order valence-corrected chi connectivity index (χ3v) is 13.9. The maximum Gasteiger partial charge on any atom is 0.132 e. The van der Waals surface area contributed by atoms with Crippen LogP contribution in [0, 0.1) is 23.7 Å². The second-order valence-corrected chi connectivity index (χ2v) is 17.7. The molecule has 5 aliphatic carbocycles. The van der Waals surface area contributed by atoms with E-state index in [2.05, 4.69) is 148 Å². The number of nitrogens with zero attached hydrogens (tertiary/aromatic N) is 1. The number of ether oxygens (including phenoxy) is 1. The van der Waals surface area contributed by atoms with Gasteiger partial charge in [0, 0.05) is 27.9 Å². The molecule has 50 heavy (non-hydrogen) atoms. The first-order chi connectivity index (χ1) is 24.2. The fourth-order valence-corrected chi connectivity index (χ4v) is 11.8. The number of rotatable bonds is 4. The van der Waals surface area contributed by atoms with Gasteiger partial charge in [-0.3, -0.25) is 0 Å². The van der Waals surface area contributed by atoms with Crippen LogP contribution in [0.4, 0.5) is 17.1 Å². The predicted molar refractivity (Wildman–Crippen MR) is 206 cm³/mol. The first-order valence-corrected chi connectivity index (χ1v) is 19.2. The largest absolute Gasteiger partial charge is 0.457 e. The second-order valence-electron chi connectivity index (χ2n) is 17.7. The minimum Gasteiger partial charge on any atom is -0.457 e. The number of hydrogen-bond acceptors (Lipinski definition) is 2. The van der Waals surface area contributed by atoms with Gasteiger partial charge in [0.1, 0.15) is 11.5 Å². The van der Waals surface area contributed by atoms with Crippen LogP contribution >= 0.6 is 0 Å². The Morgan fingerprint density at radius 1 is 0.520 bits per heavy atom. The van der Waals surface area contributed by atoms with Crippen LogP contribution < -0.4 is 9.64 Å². The minimum absolute atomic E-state index is 0.0881. The normalized spacial score (nSPS) is 27.6. The Morgan fingerprint density at radius 3 is 1.86 bits per heavy atom. The molecule has 4 fully saturated rings. The number of hydrogen-bond donors (Lipinski definition) is 0. The van der Waals surface area contributed by atoms with Crippen molar-refractivity contribution in [1.29, 1.82) is 0 Å². The Bertz CT molecular complexity index is 2080.